The first-order chi connectivity index (χ1) is 12.8. The summed E-state index contributed by atoms with van der Waals surface area (Å²) in [6.45, 7) is 9.68. The van der Waals surface area contributed by atoms with Gasteiger partial charge >= 0.3 is 0 Å². The van der Waals surface area contributed by atoms with Gasteiger partial charge in [-0.1, -0.05) is 36.2 Å². The van der Waals surface area contributed by atoms with Gasteiger partial charge < -0.3 is 4.90 Å². The van der Waals surface area contributed by atoms with Gasteiger partial charge in [0.2, 0.25) is 0 Å². The first kappa shape index (κ1) is 17.8. The van der Waals surface area contributed by atoms with E-state index in [1.54, 1.807) is 0 Å². The average Bonchev–Trinajstić information content (AvgIpc) is 2.84. The van der Waals surface area contributed by atoms with Gasteiger partial charge in [-0.05, 0) is 31.5 Å². The van der Waals surface area contributed by atoms with Crippen molar-refractivity contribution in [3.8, 4) is 0 Å². The van der Waals surface area contributed by atoms with E-state index in [-0.39, 0.29) is 16.7 Å². The Morgan fingerprint density at radius 2 is 1.74 bits per heavy atom. The molecule has 2 unspecified atom stereocenters. The molecule has 5 aliphatic rings. The fraction of sp³-hybridized carbons (Fsp3) is 0.619. The summed E-state index contributed by atoms with van der Waals surface area (Å²) in [5.74, 6) is 0.575. The molecule has 6 rings (SSSR count). The molecule has 1 spiro atoms. The van der Waals surface area contributed by atoms with Gasteiger partial charge in [0.1, 0.15) is 5.78 Å². The van der Waals surface area contributed by atoms with E-state index in [4.69, 9.17) is 0 Å². The third-order valence-electron chi connectivity index (χ3n) is 7.22. The molecule has 0 aliphatic carbocycles. The van der Waals surface area contributed by atoms with Crippen molar-refractivity contribution in [2.45, 2.75) is 39.3 Å². The van der Waals surface area contributed by atoms with Crippen LogP contribution in [0.15, 0.2) is 22.7 Å². The fourth-order valence-corrected chi connectivity index (χ4v) is 6.84. The van der Waals surface area contributed by atoms with Gasteiger partial charge in [0, 0.05) is 42.8 Å². The summed E-state index contributed by atoms with van der Waals surface area (Å²) in [5, 5.41) is 0. The summed E-state index contributed by atoms with van der Waals surface area (Å²) in [5.41, 5.74) is 0.650. The van der Waals surface area contributed by atoms with Crippen molar-refractivity contribution in [1.29, 1.82) is 0 Å². The number of ketones is 1. The molecule has 0 aromatic heterocycles. The normalized spacial score (nSPS) is 41.7. The zero-order valence-corrected chi connectivity index (χ0v) is 17.8. The van der Waals surface area contributed by atoms with Gasteiger partial charge in [-0.25, -0.2) is 0 Å². The second kappa shape index (κ2) is 5.43. The number of likely N-dealkylation sites (N-methyl/N-ethyl adjacent to an activating group) is 1. The Morgan fingerprint density at radius 1 is 1.07 bits per heavy atom. The monoisotopic (exact) mass is 431 g/mol. The highest BCUT2D eigenvalue weighted by Crippen LogP contribution is 2.60. The number of halogens is 1. The van der Waals surface area contributed by atoms with Gasteiger partial charge in [-0.2, -0.15) is 0 Å². The number of Topliss-reactive ketones (excluding diaryl/α,β-unsaturated/α-hetero) is 1. The van der Waals surface area contributed by atoms with Crippen LogP contribution < -0.4 is 4.90 Å². The maximum absolute atomic E-state index is 13.8. The van der Waals surface area contributed by atoms with E-state index < -0.39 is 5.66 Å². The number of amides is 1. The first-order valence-electron chi connectivity index (χ1n) is 9.99. The molecule has 4 fully saturated rings. The molecule has 5 nitrogen and oxygen atoms in total. The maximum atomic E-state index is 13.8. The second-order valence-corrected chi connectivity index (χ2v) is 9.93. The highest BCUT2D eigenvalue weighted by molar-refractivity contribution is 9.10. The van der Waals surface area contributed by atoms with E-state index in [1.807, 2.05) is 17.9 Å². The van der Waals surface area contributed by atoms with Crippen molar-refractivity contribution in [3.05, 3.63) is 28.2 Å². The number of hydrogen-bond donors (Lipinski definition) is 0. The lowest BCUT2D eigenvalue weighted by Crippen LogP contribution is -2.83. The minimum Gasteiger partial charge on any atom is -0.309 e. The smallest absolute Gasteiger partial charge is 0.267 e. The summed E-state index contributed by atoms with van der Waals surface area (Å²) in [6, 6.07) is 6.18. The van der Waals surface area contributed by atoms with E-state index in [9.17, 15) is 9.59 Å². The molecule has 0 radical (unpaired) electrons. The van der Waals surface area contributed by atoms with Crippen LogP contribution >= 0.6 is 15.9 Å². The van der Waals surface area contributed by atoms with E-state index >= 15 is 0 Å². The lowest BCUT2D eigenvalue weighted by atomic mass is 9.58. The minimum atomic E-state index is -0.743. The highest BCUT2D eigenvalue weighted by atomic mass is 79.9. The number of fused-ring (bicyclic) bond motifs is 1. The molecule has 6 heteroatoms. The Balaban J connectivity index is 1.71. The quantitative estimate of drug-likeness (QED) is 0.737. The van der Waals surface area contributed by atoms with Crippen molar-refractivity contribution in [2.75, 3.05) is 37.6 Å². The molecule has 1 aromatic rings. The summed E-state index contributed by atoms with van der Waals surface area (Å²) in [7, 11) is 0. The third kappa shape index (κ3) is 1.92. The van der Waals surface area contributed by atoms with Gasteiger partial charge in [0.05, 0.1) is 16.5 Å². The molecule has 0 saturated carbocycles. The van der Waals surface area contributed by atoms with Crippen LogP contribution in [0.2, 0.25) is 0 Å². The molecule has 1 amide bonds. The number of carbonyl (C=O) groups is 2. The summed E-state index contributed by atoms with van der Waals surface area (Å²) < 4.78 is 0.994. The predicted molar refractivity (Wildman–Crippen MR) is 107 cm³/mol. The lowest BCUT2D eigenvalue weighted by molar-refractivity contribution is -0.231. The predicted octanol–water partition coefficient (Wildman–Crippen LogP) is 2.98. The molecular formula is C21H26BrN3O2. The lowest BCUT2D eigenvalue weighted by Gasteiger charge is -2.68. The van der Waals surface area contributed by atoms with E-state index in [0.29, 0.717) is 38.5 Å². The minimum absolute atomic E-state index is 0.152. The van der Waals surface area contributed by atoms with Crippen molar-refractivity contribution in [1.82, 2.24) is 9.80 Å². The van der Waals surface area contributed by atoms with E-state index in [2.05, 4.69) is 51.7 Å². The van der Waals surface area contributed by atoms with Gasteiger partial charge in [-0.15, -0.1) is 0 Å². The Hall–Kier alpha value is -1.24. The van der Waals surface area contributed by atoms with E-state index in [1.165, 1.54) is 0 Å². The van der Waals surface area contributed by atoms with Crippen LogP contribution in [-0.4, -0.2) is 54.2 Å². The SMILES string of the molecule is CCCC12CN3CC(C)(CN(C1)C31C(=O)N(CC)c3ccc(Br)cc31)C2=O. The van der Waals surface area contributed by atoms with Gasteiger partial charge in [0.25, 0.3) is 5.91 Å². The molecule has 2 atom stereocenters. The molecule has 4 saturated heterocycles. The number of nitrogens with zero attached hydrogens (tertiary/aromatic N) is 3. The number of rotatable bonds is 3. The van der Waals surface area contributed by atoms with Crippen LogP contribution in [-0.2, 0) is 15.3 Å². The Labute approximate surface area is 168 Å². The van der Waals surface area contributed by atoms with E-state index in [0.717, 1.165) is 28.6 Å². The maximum Gasteiger partial charge on any atom is 0.267 e. The number of carbonyl (C=O) groups excluding carboxylic acids is 2. The zero-order valence-electron chi connectivity index (χ0n) is 16.2. The molecule has 144 valence electrons. The van der Waals surface area contributed by atoms with Crippen LogP contribution in [0.1, 0.15) is 39.2 Å². The summed E-state index contributed by atoms with van der Waals surface area (Å²) >= 11 is 3.61. The molecule has 0 N–H and O–H groups in total. The van der Waals surface area contributed by atoms with Crippen molar-refractivity contribution >= 4 is 33.3 Å². The fourth-order valence-electron chi connectivity index (χ4n) is 6.48. The van der Waals surface area contributed by atoms with Gasteiger partial charge in [0.15, 0.2) is 5.66 Å². The molecule has 4 bridgehead atoms. The Morgan fingerprint density at radius 3 is 2.33 bits per heavy atom. The number of hydrogen-bond acceptors (Lipinski definition) is 4. The molecule has 5 aliphatic heterocycles. The van der Waals surface area contributed by atoms with Crippen LogP contribution in [0.4, 0.5) is 5.69 Å². The number of anilines is 1. The van der Waals surface area contributed by atoms with Crippen LogP contribution in [0.25, 0.3) is 0 Å². The van der Waals surface area contributed by atoms with Crippen LogP contribution in [0, 0.1) is 10.8 Å². The van der Waals surface area contributed by atoms with Crippen molar-refractivity contribution < 1.29 is 9.59 Å². The topological polar surface area (TPSA) is 43.9 Å². The average molecular weight is 432 g/mol. The zero-order chi connectivity index (χ0) is 19.2. The van der Waals surface area contributed by atoms with Crippen molar-refractivity contribution in [2.24, 2.45) is 10.8 Å². The molecule has 5 heterocycles. The third-order valence-corrected chi connectivity index (χ3v) is 7.72. The van der Waals surface area contributed by atoms with Gasteiger partial charge in [-0.3, -0.25) is 19.4 Å². The summed E-state index contributed by atoms with van der Waals surface area (Å²) in [4.78, 5) is 33.7. The van der Waals surface area contributed by atoms with Crippen LogP contribution in [0.5, 0.6) is 0 Å². The molecular weight excluding hydrogens is 406 g/mol. The molecule has 27 heavy (non-hydrogen) atoms. The van der Waals surface area contributed by atoms with Crippen LogP contribution in [0.3, 0.4) is 0 Å². The standard InChI is InChI=1S/C21H26BrN3O2/c1-4-8-20-12-23-10-19(3,17(20)26)11-24(13-20)21(23)15-9-14(22)6-7-16(15)25(5-2)18(21)27/h6-7,9H,4-5,8,10-13H2,1-3H3. The largest absolute Gasteiger partial charge is 0.309 e. The first-order valence-corrected chi connectivity index (χ1v) is 10.8. The summed E-state index contributed by atoms with van der Waals surface area (Å²) in [6.07, 6.45) is 1.90. The number of benzene rings is 1. The Bertz CT molecular complexity index is 851. The van der Waals surface area contributed by atoms with Crippen molar-refractivity contribution in [3.63, 3.8) is 0 Å². The molecule has 1 aromatic carbocycles. The Kier molecular flexibility index (Phi) is 3.58. The second-order valence-electron chi connectivity index (χ2n) is 9.02. The highest BCUT2D eigenvalue weighted by Gasteiger charge is 2.72. The number of piperidine rings is 2.